The average Bonchev–Trinajstić information content (AvgIpc) is 3.03. The van der Waals surface area contributed by atoms with Gasteiger partial charge in [0.05, 0.1) is 23.1 Å². The molecule has 0 saturated carbocycles. The highest BCUT2D eigenvalue weighted by atomic mass is 79.9. The fourth-order valence-corrected chi connectivity index (χ4v) is 4.53. The molecule has 0 spiro atoms. The van der Waals surface area contributed by atoms with E-state index < -0.39 is 0 Å². The normalized spacial score (nSPS) is 11.5. The third kappa shape index (κ3) is 3.65. The maximum absolute atomic E-state index is 13.6. The maximum atomic E-state index is 13.6. The van der Waals surface area contributed by atoms with Crippen LogP contribution < -0.4 is 5.69 Å². The molecule has 5 aromatic rings. The zero-order valence-electron chi connectivity index (χ0n) is 16.1. The van der Waals surface area contributed by atoms with E-state index in [1.54, 1.807) is 27.5 Å². The lowest BCUT2D eigenvalue weighted by molar-refractivity contribution is 0.698. The second kappa shape index (κ2) is 8.11. The van der Waals surface area contributed by atoms with Crippen molar-refractivity contribution in [1.82, 2.24) is 19.1 Å². The van der Waals surface area contributed by atoms with Crippen LogP contribution in [0.15, 0.2) is 76.3 Å². The van der Waals surface area contributed by atoms with Crippen molar-refractivity contribution >= 4 is 61.2 Å². The van der Waals surface area contributed by atoms with Crippen molar-refractivity contribution in [2.24, 2.45) is 0 Å². The van der Waals surface area contributed by atoms with E-state index in [-0.39, 0.29) is 5.69 Å². The number of aromatic nitrogens is 4. The van der Waals surface area contributed by atoms with E-state index in [4.69, 9.17) is 28.2 Å². The second-order valence-corrected chi connectivity index (χ2v) is 8.73. The summed E-state index contributed by atoms with van der Waals surface area (Å²) in [5, 5.41) is 1.77. The first-order valence-corrected chi connectivity index (χ1v) is 11.1. The fourth-order valence-electron chi connectivity index (χ4n) is 3.72. The molecule has 2 aromatic carbocycles. The second-order valence-electron chi connectivity index (χ2n) is 7.16. The van der Waals surface area contributed by atoms with Gasteiger partial charge in [0.2, 0.25) is 0 Å². The van der Waals surface area contributed by atoms with Crippen LogP contribution in [0.3, 0.4) is 0 Å². The van der Waals surface area contributed by atoms with E-state index in [9.17, 15) is 4.79 Å². The van der Waals surface area contributed by atoms with Crippen LogP contribution in [0.25, 0.3) is 22.1 Å². The summed E-state index contributed by atoms with van der Waals surface area (Å²) in [6.45, 7) is 0.728. The Kier molecular flexibility index (Phi) is 5.30. The van der Waals surface area contributed by atoms with Gasteiger partial charge in [-0.25, -0.2) is 9.78 Å². The van der Waals surface area contributed by atoms with E-state index in [1.807, 2.05) is 48.5 Å². The molecular weight excluding hydrogens is 499 g/mol. The lowest BCUT2D eigenvalue weighted by Gasteiger charge is -2.07. The predicted octanol–water partition coefficient (Wildman–Crippen LogP) is 5.91. The highest BCUT2D eigenvalue weighted by Gasteiger charge is 2.20. The molecule has 0 fully saturated rings. The molecule has 0 aliphatic carbocycles. The summed E-state index contributed by atoms with van der Waals surface area (Å²) in [4.78, 5) is 22.9. The highest BCUT2D eigenvalue weighted by molar-refractivity contribution is 9.10. The molecule has 0 atom stereocenters. The van der Waals surface area contributed by atoms with E-state index in [1.165, 1.54) is 0 Å². The van der Waals surface area contributed by atoms with Gasteiger partial charge in [0.15, 0.2) is 5.65 Å². The Morgan fingerprint density at radius 3 is 2.42 bits per heavy atom. The van der Waals surface area contributed by atoms with Crippen molar-refractivity contribution in [2.75, 3.05) is 0 Å². The van der Waals surface area contributed by atoms with Crippen molar-refractivity contribution in [1.29, 1.82) is 0 Å². The third-order valence-electron chi connectivity index (χ3n) is 5.17. The summed E-state index contributed by atoms with van der Waals surface area (Å²) in [5.41, 5.74) is 3.69. The lowest BCUT2D eigenvalue weighted by atomic mass is 10.2. The van der Waals surface area contributed by atoms with Gasteiger partial charge in [0.1, 0.15) is 15.6 Å². The first kappa shape index (κ1) is 20.2. The zero-order chi connectivity index (χ0) is 21.5. The monoisotopic (exact) mass is 512 g/mol. The minimum absolute atomic E-state index is 0.164. The van der Waals surface area contributed by atoms with Gasteiger partial charge in [-0.15, -0.1) is 0 Å². The molecule has 0 amide bonds. The number of fused-ring (bicyclic) bond motifs is 3. The number of rotatable bonds is 4. The standard InChI is InChI=1S/C23H15BrCl2N4O/c24-21-16-7-4-10-27-19(16)20-22(28-21)30(13-15-8-9-17(25)18(26)11-15)23(31)29(20)12-14-5-2-1-3-6-14/h1-11H,12-13H2. The molecule has 3 aromatic heterocycles. The highest BCUT2D eigenvalue weighted by Crippen LogP contribution is 2.29. The lowest BCUT2D eigenvalue weighted by Crippen LogP contribution is -2.25. The molecule has 5 nitrogen and oxygen atoms in total. The zero-order valence-corrected chi connectivity index (χ0v) is 19.2. The number of halogens is 3. The number of pyridine rings is 2. The summed E-state index contributed by atoms with van der Waals surface area (Å²) in [5.74, 6) is 0. The van der Waals surface area contributed by atoms with Crippen LogP contribution in [0.1, 0.15) is 11.1 Å². The van der Waals surface area contributed by atoms with Gasteiger partial charge in [0, 0.05) is 11.6 Å². The van der Waals surface area contributed by atoms with Gasteiger partial charge in [-0.2, -0.15) is 0 Å². The Morgan fingerprint density at radius 2 is 1.65 bits per heavy atom. The van der Waals surface area contributed by atoms with Crippen molar-refractivity contribution in [3.8, 4) is 0 Å². The topological polar surface area (TPSA) is 52.7 Å². The molecule has 0 radical (unpaired) electrons. The SMILES string of the molecule is O=c1n(Cc2ccc(Cl)c(Cl)c2)c2nc(Br)c3cccnc3c2n1Cc1ccccc1. The number of hydrogen-bond acceptors (Lipinski definition) is 3. The van der Waals surface area contributed by atoms with E-state index in [2.05, 4.69) is 20.9 Å². The minimum atomic E-state index is -0.164. The molecule has 5 rings (SSSR count). The molecule has 8 heteroatoms. The van der Waals surface area contributed by atoms with Gasteiger partial charge < -0.3 is 0 Å². The minimum Gasteiger partial charge on any atom is -0.284 e. The van der Waals surface area contributed by atoms with Crippen molar-refractivity contribution in [3.05, 3.63) is 103 Å². The molecule has 0 saturated heterocycles. The van der Waals surface area contributed by atoms with Gasteiger partial charge >= 0.3 is 5.69 Å². The summed E-state index contributed by atoms with van der Waals surface area (Å²) >= 11 is 15.8. The molecule has 3 heterocycles. The molecule has 0 N–H and O–H groups in total. The third-order valence-corrected chi connectivity index (χ3v) is 6.51. The molecule has 0 aliphatic heterocycles. The van der Waals surface area contributed by atoms with Gasteiger partial charge in [-0.3, -0.25) is 14.1 Å². The van der Waals surface area contributed by atoms with Crippen LogP contribution in [0.5, 0.6) is 0 Å². The summed E-state index contributed by atoms with van der Waals surface area (Å²) in [7, 11) is 0. The molecule has 0 aliphatic rings. The summed E-state index contributed by atoms with van der Waals surface area (Å²) in [6.07, 6.45) is 1.72. The van der Waals surface area contributed by atoms with Crippen LogP contribution >= 0.6 is 39.1 Å². The first-order chi connectivity index (χ1) is 15.0. The molecule has 0 bridgehead atoms. The van der Waals surface area contributed by atoms with E-state index in [0.29, 0.717) is 38.9 Å². The molecule has 0 unspecified atom stereocenters. The van der Waals surface area contributed by atoms with E-state index >= 15 is 0 Å². The van der Waals surface area contributed by atoms with Crippen LogP contribution in [-0.4, -0.2) is 19.1 Å². The van der Waals surface area contributed by atoms with Crippen LogP contribution in [0.4, 0.5) is 0 Å². The van der Waals surface area contributed by atoms with E-state index in [0.717, 1.165) is 22.0 Å². The van der Waals surface area contributed by atoms with Crippen molar-refractivity contribution in [3.63, 3.8) is 0 Å². The Hall–Kier alpha value is -2.67. The maximum Gasteiger partial charge on any atom is 0.331 e. The Balaban J connectivity index is 1.78. The Morgan fingerprint density at radius 1 is 0.871 bits per heavy atom. The number of imidazole rings is 1. The largest absolute Gasteiger partial charge is 0.331 e. The van der Waals surface area contributed by atoms with Gasteiger partial charge in [-0.05, 0) is 51.3 Å². The van der Waals surface area contributed by atoms with Crippen molar-refractivity contribution in [2.45, 2.75) is 13.1 Å². The summed E-state index contributed by atoms with van der Waals surface area (Å²) < 4.78 is 4.02. The summed E-state index contributed by atoms with van der Waals surface area (Å²) in [6, 6.07) is 19.0. The predicted molar refractivity (Wildman–Crippen MR) is 128 cm³/mol. The fraction of sp³-hybridized carbons (Fsp3) is 0.0870. The number of hydrogen-bond donors (Lipinski definition) is 0. The van der Waals surface area contributed by atoms with Crippen LogP contribution in [-0.2, 0) is 13.1 Å². The van der Waals surface area contributed by atoms with Gasteiger partial charge in [0.25, 0.3) is 0 Å². The van der Waals surface area contributed by atoms with Gasteiger partial charge in [-0.1, -0.05) is 59.6 Å². The first-order valence-electron chi connectivity index (χ1n) is 9.54. The van der Waals surface area contributed by atoms with Crippen molar-refractivity contribution < 1.29 is 0 Å². The smallest absolute Gasteiger partial charge is 0.284 e. The number of nitrogens with zero attached hydrogens (tertiary/aromatic N) is 4. The Bertz CT molecular complexity index is 1500. The Labute approximate surface area is 196 Å². The van der Waals surface area contributed by atoms with Crippen LogP contribution in [0.2, 0.25) is 10.0 Å². The molecule has 154 valence electrons. The molecular formula is C23H15BrCl2N4O. The quantitative estimate of drug-likeness (QED) is 0.280. The average molecular weight is 514 g/mol. The number of benzene rings is 2. The van der Waals surface area contributed by atoms with Crippen LogP contribution in [0, 0.1) is 0 Å². The molecule has 31 heavy (non-hydrogen) atoms.